The number of methoxy groups -OCH3 is 1. The Kier molecular flexibility index (Phi) is 8.11. The Morgan fingerprint density at radius 1 is 1.12 bits per heavy atom. The number of aromatic nitrogens is 3. The van der Waals surface area contributed by atoms with Gasteiger partial charge in [-0.05, 0) is 62.1 Å². The molecule has 0 spiro atoms. The Hall–Kier alpha value is -3.00. The van der Waals surface area contributed by atoms with Crippen LogP contribution < -0.4 is 14.8 Å². The molecule has 1 aliphatic rings. The minimum atomic E-state index is 0.0313. The third kappa shape index (κ3) is 5.55. The zero-order valence-corrected chi connectivity index (χ0v) is 20.8. The summed E-state index contributed by atoms with van der Waals surface area (Å²) in [5.41, 5.74) is 1.72. The van der Waals surface area contributed by atoms with Crippen LogP contribution in [-0.2, 0) is 4.79 Å². The summed E-state index contributed by atoms with van der Waals surface area (Å²) in [6.45, 7) is 4.79. The Labute approximate surface area is 205 Å². The molecule has 0 bridgehead atoms. The van der Waals surface area contributed by atoms with Crippen LogP contribution in [0.4, 0.5) is 0 Å². The second kappa shape index (κ2) is 11.4. The summed E-state index contributed by atoms with van der Waals surface area (Å²) in [5.74, 6) is 3.00. The summed E-state index contributed by atoms with van der Waals surface area (Å²) < 4.78 is 13.1. The molecule has 1 aromatic heterocycles. The average Bonchev–Trinajstić information content (AvgIpc) is 3.28. The van der Waals surface area contributed by atoms with Crippen molar-refractivity contribution in [2.75, 3.05) is 19.5 Å². The van der Waals surface area contributed by atoms with Gasteiger partial charge in [0, 0.05) is 6.04 Å². The van der Waals surface area contributed by atoms with Crippen molar-refractivity contribution in [3.05, 3.63) is 48.5 Å². The van der Waals surface area contributed by atoms with E-state index >= 15 is 0 Å². The number of ether oxygens (including phenoxy) is 2. The first-order valence-corrected chi connectivity index (χ1v) is 12.8. The van der Waals surface area contributed by atoms with Crippen molar-refractivity contribution in [3.63, 3.8) is 0 Å². The van der Waals surface area contributed by atoms with Gasteiger partial charge in [-0.3, -0.25) is 9.36 Å². The number of para-hydroxylation sites is 1. The molecule has 1 saturated carbocycles. The predicted molar refractivity (Wildman–Crippen MR) is 135 cm³/mol. The van der Waals surface area contributed by atoms with Crippen molar-refractivity contribution < 1.29 is 14.3 Å². The molecule has 1 N–H and O–H groups in total. The minimum Gasteiger partial charge on any atom is -0.496 e. The lowest BCUT2D eigenvalue weighted by Crippen LogP contribution is -2.41. The Morgan fingerprint density at radius 2 is 1.88 bits per heavy atom. The maximum atomic E-state index is 12.7. The van der Waals surface area contributed by atoms with Crippen LogP contribution in [0, 0.1) is 5.92 Å². The van der Waals surface area contributed by atoms with Crippen LogP contribution in [0.5, 0.6) is 11.5 Å². The first-order chi connectivity index (χ1) is 16.6. The van der Waals surface area contributed by atoms with Crippen molar-refractivity contribution in [1.29, 1.82) is 0 Å². The van der Waals surface area contributed by atoms with E-state index in [4.69, 9.17) is 9.47 Å². The van der Waals surface area contributed by atoms with E-state index in [1.165, 1.54) is 31.0 Å². The third-order valence-corrected chi connectivity index (χ3v) is 7.11. The second-order valence-electron chi connectivity index (χ2n) is 8.49. The highest BCUT2D eigenvalue weighted by Gasteiger charge is 2.24. The van der Waals surface area contributed by atoms with Crippen molar-refractivity contribution in [2.45, 2.75) is 50.7 Å². The largest absolute Gasteiger partial charge is 0.496 e. The van der Waals surface area contributed by atoms with Crippen molar-refractivity contribution >= 4 is 17.7 Å². The van der Waals surface area contributed by atoms with Crippen LogP contribution in [0.3, 0.4) is 0 Å². The van der Waals surface area contributed by atoms with Gasteiger partial charge in [0.1, 0.15) is 11.5 Å². The summed E-state index contributed by atoms with van der Waals surface area (Å²) >= 11 is 1.39. The predicted octanol–water partition coefficient (Wildman–Crippen LogP) is 5.13. The van der Waals surface area contributed by atoms with E-state index in [2.05, 4.69) is 22.4 Å². The summed E-state index contributed by atoms with van der Waals surface area (Å²) in [4.78, 5) is 12.7. The highest BCUT2D eigenvalue weighted by atomic mass is 32.2. The third-order valence-electron chi connectivity index (χ3n) is 6.18. The van der Waals surface area contributed by atoms with Gasteiger partial charge < -0.3 is 14.8 Å². The Bertz CT molecular complexity index is 1100. The lowest BCUT2D eigenvalue weighted by atomic mass is 9.86. The fourth-order valence-corrected chi connectivity index (χ4v) is 5.13. The molecule has 1 fully saturated rings. The number of nitrogens with zero attached hydrogens (tertiary/aromatic N) is 3. The zero-order chi connectivity index (χ0) is 23.9. The highest BCUT2D eigenvalue weighted by molar-refractivity contribution is 7.99. The van der Waals surface area contributed by atoms with Gasteiger partial charge in [0.15, 0.2) is 11.0 Å². The molecule has 2 aromatic carbocycles. The quantitative estimate of drug-likeness (QED) is 0.428. The fourth-order valence-electron chi connectivity index (χ4n) is 4.37. The number of amides is 1. The Morgan fingerprint density at radius 3 is 2.62 bits per heavy atom. The summed E-state index contributed by atoms with van der Waals surface area (Å²) in [5, 5.41) is 12.8. The summed E-state index contributed by atoms with van der Waals surface area (Å²) in [6, 6.07) is 15.8. The molecule has 1 amide bonds. The van der Waals surface area contributed by atoms with Crippen LogP contribution in [0.15, 0.2) is 53.7 Å². The van der Waals surface area contributed by atoms with Crippen LogP contribution in [0.2, 0.25) is 0 Å². The first kappa shape index (κ1) is 24.1. The number of hydrogen-bond acceptors (Lipinski definition) is 6. The van der Waals surface area contributed by atoms with Gasteiger partial charge in [0.2, 0.25) is 5.91 Å². The van der Waals surface area contributed by atoms with Gasteiger partial charge in [-0.1, -0.05) is 43.7 Å². The van der Waals surface area contributed by atoms with E-state index in [9.17, 15) is 4.79 Å². The smallest absolute Gasteiger partial charge is 0.230 e. The normalized spacial score (nSPS) is 17.9. The molecule has 2 atom stereocenters. The Balaban J connectivity index is 1.60. The number of thioether (sulfide) groups is 1. The van der Waals surface area contributed by atoms with Crippen LogP contribution in [-0.4, -0.2) is 46.2 Å². The van der Waals surface area contributed by atoms with Gasteiger partial charge in [0.25, 0.3) is 0 Å². The SMILES string of the molecule is CCOc1ccc(-n2c(SCC(=O)NC3CCCCC3C)nnc2-c2ccccc2OC)cc1. The molecule has 4 rings (SSSR count). The summed E-state index contributed by atoms with van der Waals surface area (Å²) in [7, 11) is 1.64. The van der Waals surface area contributed by atoms with Gasteiger partial charge in [-0.25, -0.2) is 0 Å². The van der Waals surface area contributed by atoms with E-state index in [-0.39, 0.29) is 17.7 Å². The lowest BCUT2D eigenvalue weighted by molar-refractivity contribution is -0.119. The zero-order valence-electron chi connectivity index (χ0n) is 20.0. The molecule has 1 aliphatic carbocycles. The molecule has 0 radical (unpaired) electrons. The lowest BCUT2D eigenvalue weighted by Gasteiger charge is -2.29. The summed E-state index contributed by atoms with van der Waals surface area (Å²) in [6.07, 6.45) is 4.65. The molecule has 34 heavy (non-hydrogen) atoms. The van der Waals surface area contributed by atoms with Gasteiger partial charge in [0.05, 0.1) is 30.7 Å². The second-order valence-corrected chi connectivity index (χ2v) is 9.44. The van der Waals surface area contributed by atoms with Gasteiger partial charge >= 0.3 is 0 Å². The van der Waals surface area contributed by atoms with Gasteiger partial charge in [-0.2, -0.15) is 0 Å². The van der Waals surface area contributed by atoms with Gasteiger partial charge in [-0.15, -0.1) is 10.2 Å². The van der Waals surface area contributed by atoms with Crippen molar-refractivity contribution in [3.8, 4) is 28.6 Å². The molecule has 3 aromatic rings. The molecule has 7 nitrogen and oxygen atoms in total. The number of benzene rings is 2. The number of nitrogens with one attached hydrogen (secondary N) is 1. The minimum absolute atomic E-state index is 0.0313. The molecular formula is C26H32N4O3S. The number of carbonyl (C=O) groups is 1. The average molecular weight is 481 g/mol. The maximum Gasteiger partial charge on any atom is 0.230 e. The molecular weight excluding hydrogens is 448 g/mol. The highest BCUT2D eigenvalue weighted by Crippen LogP contribution is 2.33. The molecule has 2 unspecified atom stereocenters. The van der Waals surface area contributed by atoms with Crippen molar-refractivity contribution in [1.82, 2.24) is 20.1 Å². The van der Waals surface area contributed by atoms with E-state index in [0.29, 0.717) is 29.3 Å². The number of carbonyl (C=O) groups excluding carboxylic acids is 1. The molecule has 0 saturated heterocycles. The van der Waals surface area contributed by atoms with Crippen LogP contribution >= 0.6 is 11.8 Å². The van der Waals surface area contributed by atoms with E-state index < -0.39 is 0 Å². The van der Waals surface area contributed by atoms with E-state index in [1.807, 2.05) is 60.0 Å². The van der Waals surface area contributed by atoms with Crippen LogP contribution in [0.25, 0.3) is 17.1 Å². The first-order valence-electron chi connectivity index (χ1n) is 11.8. The maximum absolute atomic E-state index is 12.7. The van der Waals surface area contributed by atoms with E-state index in [0.717, 1.165) is 23.4 Å². The number of hydrogen-bond donors (Lipinski definition) is 1. The topological polar surface area (TPSA) is 78.3 Å². The molecule has 8 heteroatoms. The van der Waals surface area contributed by atoms with Crippen LogP contribution in [0.1, 0.15) is 39.5 Å². The number of rotatable bonds is 9. The fraction of sp³-hybridized carbons (Fsp3) is 0.423. The monoisotopic (exact) mass is 480 g/mol. The molecule has 0 aliphatic heterocycles. The molecule has 1 heterocycles. The standard InChI is InChI=1S/C26H32N4O3S/c1-4-33-20-15-13-19(14-16-20)30-25(21-10-6-8-12-23(21)32-3)28-29-26(30)34-17-24(31)27-22-11-7-5-9-18(22)2/h6,8,10,12-16,18,22H,4-5,7,9,11,17H2,1-3H3,(H,27,31). The van der Waals surface area contributed by atoms with E-state index in [1.54, 1.807) is 7.11 Å². The molecule has 180 valence electrons. The van der Waals surface area contributed by atoms with Crippen molar-refractivity contribution in [2.24, 2.45) is 5.92 Å².